The van der Waals surface area contributed by atoms with Crippen molar-refractivity contribution < 1.29 is 13.5 Å². The van der Waals surface area contributed by atoms with E-state index >= 15 is 0 Å². The van der Waals surface area contributed by atoms with Crippen LogP contribution < -0.4 is 0 Å². The van der Waals surface area contributed by atoms with Gasteiger partial charge in [0.15, 0.2) is 0 Å². The van der Waals surface area contributed by atoms with Gasteiger partial charge in [0.05, 0.1) is 11.0 Å². The summed E-state index contributed by atoms with van der Waals surface area (Å²) < 4.78 is 27.8. The van der Waals surface area contributed by atoms with Gasteiger partial charge in [-0.3, -0.25) is 0 Å². The highest BCUT2D eigenvalue weighted by molar-refractivity contribution is 7.89. The van der Waals surface area contributed by atoms with Gasteiger partial charge in [-0.25, -0.2) is 8.42 Å². The Morgan fingerprint density at radius 3 is 2.48 bits per heavy atom. The fourth-order valence-electron chi connectivity index (χ4n) is 3.90. The van der Waals surface area contributed by atoms with E-state index in [4.69, 9.17) is 0 Å². The number of benzene rings is 1. The van der Waals surface area contributed by atoms with Crippen LogP contribution in [-0.2, 0) is 10.0 Å². The quantitative estimate of drug-likeness (QED) is 0.643. The molecule has 0 radical (unpaired) electrons. The second-order valence-electron chi connectivity index (χ2n) is 7.47. The lowest BCUT2D eigenvalue weighted by molar-refractivity contribution is 0.0863. The van der Waals surface area contributed by atoms with Crippen LogP contribution in [-0.4, -0.2) is 37.0 Å². The van der Waals surface area contributed by atoms with E-state index in [1.54, 1.807) is 22.5 Å². The van der Waals surface area contributed by atoms with Crippen molar-refractivity contribution in [2.24, 2.45) is 17.8 Å². The van der Waals surface area contributed by atoms with Crippen LogP contribution in [0.15, 0.2) is 54.0 Å². The number of hydrogen-bond acceptors (Lipinski definition) is 3. The minimum Gasteiger partial charge on any atom is -0.393 e. The Kier molecular flexibility index (Phi) is 7.83. The number of sulfonamides is 1. The van der Waals surface area contributed by atoms with Crippen LogP contribution in [0.1, 0.15) is 38.7 Å². The molecule has 27 heavy (non-hydrogen) atoms. The minimum absolute atomic E-state index is 0.0343. The molecule has 1 N–H and O–H groups in total. The molecule has 0 aromatic heterocycles. The fourth-order valence-corrected chi connectivity index (χ4v) is 5.41. The number of rotatable bonds is 9. The van der Waals surface area contributed by atoms with Gasteiger partial charge < -0.3 is 5.11 Å². The van der Waals surface area contributed by atoms with Crippen molar-refractivity contribution in [3.8, 4) is 0 Å². The summed E-state index contributed by atoms with van der Waals surface area (Å²) >= 11 is 0. The highest BCUT2D eigenvalue weighted by Gasteiger charge is 2.42. The maximum absolute atomic E-state index is 13.1. The fraction of sp³-hybridized carbons (Fsp3) is 0.545. The Labute approximate surface area is 164 Å². The van der Waals surface area contributed by atoms with E-state index in [2.05, 4.69) is 25.7 Å². The molecule has 1 aliphatic heterocycles. The summed E-state index contributed by atoms with van der Waals surface area (Å²) in [5.74, 6) is 0.00132. The van der Waals surface area contributed by atoms with Crippen molar-refractivity contribution >= 4 is 10.0 Å². The predicted octanol–water partition coefficient (Wildman–Crippen LogP) is 4.16. The first-order chi connectivity index (χ1) is 12.8. The van der Waals surface area contributed by atoms with Gasteiger partial charge in [-0.05, 0) is 43.7 Å². The Morgan fingerprint density at radius 2 is 1.93 bits per heavy atom. The summed E-state index contributed by atoms with van der Waals surface area (Å²) in [6.07, 6.45) is 8.01. The van der Waals surface area contributed by atoms with Crippen LogP contribution >= 0.6 is 0 Å². The molecule has 1 unspecified atom stereocenters. The molecule has 0 saturated carbocycles. The highest BCUT2D eigenvalue weighted by atomic mass is 32.2. The molecule has 0 aliphatic carbocycles. The average molecular weight is 392 g/mol. The number of aliphatic hydroxyl groups excluding tert-OH is 1. The third-order valence-corrected chi connectivity index (χ3v) is 7.30. The van der Waals surface area contributed by atoms with Gasteiger partial charge in [-0.2, -0.15) is 4.31 Å². The van der Waals surface area contributed by atoms with Crippen LogP contribution in [0, 0.1) is 24.7 Å². The molecule has 1 aromatic rings. The number of allylic oxidation sites excluding steroid dienone is 1. The second-order valence-corrected chi connectivity index (χ2v) is 9.41. The summed E-state index contributed by atoms with van der Waals surface area (Å²) in [5.41, 5.74) is 1.03. The number of aryl methyl sites for hydroxylation is 1. The first-order valence-electron chi connectivity index (χ1n) is 9.89. The Hall–Kier alpha value is -1.43. The van der Waals surface area contributed by atoms with Crippen LogP contribution in [0.4, 0.5) is 0 Å². The molecular weight excluding hydrogens is 358 g/mol. The number of hydrogen-bond donors (Lipinski definition) is 1. The van der Waals surface area contributed by atoms with Crippen LogP contribution in [0.25, 0.3) is 0 Å². The van der Waals surface area contributed by atoms with E-state index in [-0.39, 0.29) is 17.8 Å². The lowest BCUT2D eigenvalue weighted by Crippen LogP contribution is -2.32. The molecule has 5 heteroatoms. The molecule has 1 heterocycles. The molecular formula is C22H33NO3S. The normalized spacial score (nSPS) is 23.6. The molecule has 1 aliphatic rings. The summed E-state index contributed by atoms with van der Waals surface area (Å²) in [4.78, 5) is 0.330. The first kappa shape index (κ1) is 21.9. The van der Waals surface area contributed by atoms with E-state index in [1.807, 2.05) is 26.0 Å². The van der Waals surface area contributed by atoms with Crippen molar-refractivity contribution in [3.63, 3.8) is 0 Å². The summed E-state index contributed by atoms with van der Waals surface area (Å²) in [7, 11) is -3.54. The molecule has 1 saturated heterocycles. The predicted molar refractivity (Wildman–Crippen MR) is 111 cm³/mol. The van der Waals surface area contributed by atoms with Gasteiger partial charge in [0.2, 0.25) is 10.0 Å². The first-order valence-corrected chi connectivity index (χ1v) is 11.3. The lowest BCUT2D eigenvalue weighted by atomic mass is 9.79. The zero-order valence-corrected chi connectivity index (χ0v) is 17.5. The maximum Gasteiger partial charge on any atom is 0.243 e. The molecule has 1 aromatic carbocycles. The van der Waals surface area contributed by atoms with Crippen molar-refractivity contribution in [3.05, 3.63) is 54.6 Å². The Morgan fingerprint density at radius 1 is 1.26 bits per heavy atom. The van der Waals surface area contributed by atoms with Gasteiger partial charge in [0.25, 0.3) is 0 Å². The van der Waals surface area contributed by atoms with Crippen LogP contribution in [0.2, 0.25) is 0 Å². The smallest absolute Gasteiger partial charge is 0.243 e. The van der Waals surface area contributed by atoms with Gasteiger partial charge >= 0.3 is 0 Å². The van der Waals surface area contributed by atoms with Crippen molar-refractivity contribution in [2.75, 3.05) is 13.1 Å². The standard InChI is InChI=1S/C22H33NO3S/c1-5-8-10-18-15-23(16-21(18)20(7-3)22(24)9-6-2)27(25,26)19-13-11-17(4)12-14-19/h7-8,10-14,18,20-22,24H,3,5-6,9,15-16H2,1-2,4H3/b10-8+/t18-,20-,21-,22?/m1/s1. The van der Waals surface area contributed by atoms with Gasteiger partial charge in [-0.1, -0.05) is 56.2 Å². The monoisotopic (exact) mass is 391 g/mol. The maximum atomic E-state index is 13.1. The number of nitrogens with zero attached hydrogens (tertiary/aromatic N) is 1. The summed E-state index contributed by atoms with van der Waals surface area (Å²) in [6.45, 7) is 10.8. The van der Waals surface area contributed by atoms with E-state index in [1.165, 1.54) is 0 Å². The molecule has 4 nitrogen and oxygen atoms in total. The van der Waals surface area contributed by atoms with E-state index in [9.17, 15) is 13.5 Å². The molecule has 0 spiro atoms. The summed E-state index contributed by atoms with van der Waals surface area (Å²) in [5, 5.41) is 10.6. The van der Waals surface area contributed by atoms with Crippen molar-refractivity contribution in [1.29, 1.82) is 0 Å². The largest absolute Gasteiger partial charge is 0.393 e. The van der Waals surface area contributed by atoms with Crippen LogP contribution in [0.3, 0.4) is 0 Å². The van der Waals surface area contributed by atoms with E-state index in [0.29, 0.717) is 24.4 Å². The molecule has 150 valence electrons. The Bertz CT molecular complexity index is 739. The third kappa shape index (κ3) is 5.09. The van der Waals surface area contributed by atoms with Crippen molar-refractivity contribution in [1.82, 2.24) is 4.31 Å². The van der Waals surface area contributed by atoms with Gasteiger partial charge in [0.1, 0.15) is 0 Å². The Balaban J connectivity index is 2.31. The second kappa shape index (κ2) is 9.67. The highest BCUT2D eigenvalue weighted by Crippen LogP contribution is 2.37. The third-order valence-electron chi connectivity index (χ3n) is 5.45. The van der Waals surface area contributed by atoms with Crippen LogP contribution in [0.5, 0.6) is 0 Å². The van der Waals surface area contributed by atoms with Gasteiger partial charge in [-0.15, -0.1) is 6.58 Å². The van der Waals surface area contributed by atoms with Crippen molar-refractivity contribution in [2.45, 2.75) is 51.0 Å². The molecule has 2 rings (SSSR count). The minimum atomic E-state index is -3.54. The van der Waals surface area contributed by atoms with E-state index in [0.717, 1.165) is 18.4 Å². The molecule has 4 atom stereocenters. The molecule has 0 amide bonds. The topological polar surface area (TPSA) is 57.6 Å². The zero-order chi connectivity index (χ0) is 20.0. The molecule has 1 fully saturated rings. The zero-order valence-electron chi connectivity index (χ0n) is 16.7. The average Bonchev–Trinajstić information content (AvgIpc) is 3.06. The van der Waals surface area contributed by atoms with E-state index < -0.39 is 16.1 Å². The lowest BCUT2D eigenvalue weighted by Gasteiger charge is -2.28. The number of aliphatic hydroxyl groups is 1. The van der Waals surface area contributed by atoms with Gasteiger partial charge in [0, 0.05) is 19.0 Å². The summed E-state index contributed by atoms with van der Waals surface area (Å²) in [6, 6.07) is 7.00. The SMILES string of the molecule is C=C[C@@H](C(O)CCC)[C@@H]1CN(S(=O)(=O)c2ccc(C)cc2)C[C@H]1/C=C/CC. The molecule has 0 bridgehead atoms.